The van der Waals surface area contributed by atoms with Crippen LogP contribution in [0.1, 0.15) is 20.7 Å². The fraction of sp³-hybridized carbons (Fsp3) is 0.167. The Bertz CT molecular complexity index is 936. The molecule has 0 saturated heterocycles. The molecule has 1 heterocycles. The monoisotopic (exact) mass is 355 g/mol. The van der Waals surface area contributed by atoms with Crippen molar-refractivity contribution in [3.63, 3.8) is 0 Å². The van der Waals surface area contributed by atoms with Gasteiger partial charge in [0.25, 0.3) is 5.91 Å². The first-order valence-electron chi connectivity index (χ1n) is 7.75. The number of thiazole rings is 1. The molecule has 0 fully saturated rings. The molecule has 0 spiro atoms. The molecular weight excluding hydrogens is 338 g/mol. The van der Waals surface area contributed by atoms with Crippen molar-refractivity contribution in [3.05, 3.63) is 47.5 Å². The van der Waals surface area contributed by atoms with Crippen LogP contribution in [0, 0.1) is 0 Å². The Hall–Kier alpha value is -2.77. The van der Waals surface area contributed by atoms with Crippen molar-refractivity contribution in [1.29, 1.82) is 0 Å². The van der Waals surface area contributed by atoms with Gasteiger partial charge in [-0.3, -0.25) is 9.59 Å². The van der Waals surface area contributed by atoms with Gasteiger partial charge in [-0.25, -0.2) is 4.98 Å². The number of hydrogen-bond donors (Lipinski definition) is 3. The number of likely N-dealkylation sites (N-methyl/N-ethyl adjacent to an activating group) is 1. The van der Waals surface area contributed by atoms with E-state index < -0.39 is 0 Å². The summed E-state index contributed by atoms with van der Waals surface area (Å²) in [5.41, 5.74) is 2.22. The molecular formula is C18H17N3O3S. The second-order valence-corrected chi connectivity index (χ2v) is 6.42. The summed E-state index contributed by atoms with van der Waals surface area (Å²) in [6.07, 6.45) is 0.630. The molecule has 0 unspecified atom stereocenters. The van der Waals surface area contributed by atoms with Crippen LogP contribution < -0.4 is 10.6 Å². The van der Waals surface area contributed by atoms with E-state index in [1.54, 1.807) is 24.3 Å². The first kappa shape index (κ1) is 17.1. The summed E-state index contributed by atoms with van der Waals surface area (Å²) >= 11 is 1.31. The van der Waals surface area contributed by atoms with Gasteiger partial charge in [-0.05, 0) is 31.3 Å². The van der Waals surface area contributed by atoms with Crippen LogP contribution in [0.4, 0.5) is 0 Å². The van der Waals surface area contributed by atoms with Gasteiger partial charge in [0.2, 0.25) is 0 Å². The molecule has 25 heavy (non-hydrogen) atoms. The average Bonchev–Trinajstić information content (AvgIpc) is 3.06. The lowest BCUT2D eigenvalue weighted by Crippen LogP contribution is -2.30. The van der Waals surface area contributed by atoms with Crippen molar-refractivity contribution in [2.45, 2.75) is 0 Å². The quantitative estimate of drug-likeness (QED) is 0.467. The summed E-state index contributed by atoms with van der Waals surface area (Å²) in [6, 6.07) is 10.3. The number of rotatable bonds is 6. The van der Waals surface area contributed by atoms with Gasteiger partial charge in [0.05, 0.1) is 15.8 Å². The predicted octanol–water partition coefficient (Wildman–Crippen LogP) is 2.43. The number of carbonyl (C=O) groups is 2. The van der Waals surface area contributed by atoms with E-state index in [1.165, 1.54) is 17.4 Å². The van der Waals surface area contributed by atoms with Crippen molar-refractivity contribution in [2.75, 3.05) is 20.1 Å². The van der Waals surface area contributed by atoms with Gasteiger partial charge < -0.3 is 15.7 Å². The lowest BCUT2D eigenvalue weighted by Gasteiger charge is -2.05. The highest BCUT2D eigenvalue weighted by atomic mass is 32.1. The smallest absolute Gasteiger partial charge is 0.251 e. The first-order valence-corrected chi connectivity index (χ1v) is 8.56. The van der Waals surface area contributed by atoms with Gasteiger partial charge in [-0.1, -0.05) is 12.1 Å². The van der Waals surface area contributed by atoms with Crippen LogP contribution in [-0.2, 0) is 0 Å². The van der Waals surface area contributed by atoms with E-state index in [2.05, 4.69) is 15.6 Å². The average molecular weight is 355 g/mol. The minimum Gasteiger partial charge on any atom is -0.507 e. The number of phenolic OH excluding ortho intramolecular Hbond substituents is 1. The molecule has 0 bridgehead atoms. The number of benzene rings is 2. The Balaban J connectivity index is 1.94. The predicted molar refractivity (Wildman–Crippen MR) is 98.4 cm³/mol. The van der Waals surface area contributed by atoms with Crippen LogP contribution in [-0.4, -0.2) is 42.4 Å². The summed E-state index contributed by atoms with van der Waals surface area (Å²) in [7, 11) is 1.82. The van der Waals surface area contributed by atoms with Gasteiger partial charge in [0.1, 0.15) is 10.8 Å². The topological polar surface area (TPSA) is 91.3 Å². The summed E-state index contributed by atoms with van der Waals surface area (Å²) < 4.78 is 0.633. The highest BCUT2D eigenvalue weighted by molar-refractivity contribution is 7.22. The van der Waals surface area contributed by atoms with Crippen molar-refractivity contribution < 1.29 is 14.7 Å². The molecule has 7 heteroatoms. The molecule has 1 amide bonds. The van der Waals surface area contributed by atoms with E-state index in [4.69, 9.17) is 0 Å². The van der Waals surface area contributed by atoms with E-state index in [0.717, 1.165) is 5.56 Å². The number of aromatic nitrogens is 1. The van der Waals surface area contributed by atoms with Crippen molar-refractivity contribution in [2.24, 2.45) is 0 Å². The zero-order chi connectivity index (χ0) is 17.8. The number of fused-ring (bicyclic) bond motifs is 1. The zero-order valence-electron chi connectivity index (χ0n) is 13.6. The zero-order valence-corrected chi connectivity index (χ0v) is 14.4. The van der Waals surface area contributed by atoms with Gasteiger partial charge >= 0.3 is 0 Å². The maximum Gasteiger partial charge on any atom is 0.251 e. The van der Waals surface area contributed by atoms with Crippen LogP contribution in [0.15, 0.2) is 36.4 Å². The van der Waals surface area contributed by atoms with Crippen molar-refractivity contribution >= 4 is 33.7 Å². The molecule has 0 atom stereocenters. The van der Waals surface area contributed by atoms with Crippen LogP contribution in [0.2, 0.25) is 0 Å². The number of nitrogens with one attached hydrogen (secondary N) is 2. The van der Waals surface area contributed by atoms with Crippen LogP contribution in [0.5, 0.6) is 5.75 Å². The molecule has 0 aliphatic heterocycles. The molecule has 3 N–H and O–H groups in total. The molecule has 3 aromatic rings. The Morgan fingerprint density at radius 3 is 2.88 bits per heavy atom. The van der Waals surface area contributed by atoms with Gasteiger partial charge in [-0.2, -0.15) is 0 Å². The maximum atomic E-state index is 12.2. The highest BCUT2D eigenvalue weighted by Gasteiger charge is 2.14. The van der Waals surface area contributed by atoms with Gasteiger partial charge in [-0.15, -0.1) is 11.3 Å². The molecule has 0 aliphatic carbocycles. The number of carbonyl (C=O) groups excluding carboxylic acids is 2. The SMILES string of the molecule is CNCCNC(=O)c1cccc(-c2nc3ccc(O)c(C=O)c3s2)c1. The van der Waals surface area contributed by atoms with Gasteiger partial charge in [0, 0.05) is 24.2 Å². The highest BCUT2D eigenvalue weighted by Crippen LogP contribution is 2.35. The molecule has 0 aliphatic rings. The van der Waals surface area contributed by atoms with Crippen molar-refractivity contribution in [1.82, 2.24) is 15.6 Å². The number of nitrogens with zero attached hydrogens (tertiary/aromatic N) is 1. The fourth-order valence-corrected chi connectivity index (χ4v) is 3.50. The largest absolute Gasteiger partial charge is 0.507 e. The molecule has 0 radical (unpaired) electrons. The minimum absolute atomic E-state index is 0.0598. The second kappa shape index (κ2) is 7.42. The minimum atomic E-state index is -0.149. The first-order chi connectivity index (χ1) is 12.1. The third-order valence-electron chi connectivity index (χ3n) is 3.72. The van der Waals surface area contributed by atoms with Crippen molar-refractivity contribution in [3.8, 4) is 16.3 Å². The normalized spacial score (nSPS) is 10.8. The van der Waals surface area contributed by atoms with E-state index in [1.807, 2.05) is 13.1 Å². The summed E-state index contributed by atoms with van der Waals surface area (Å²) in [5.74, 6) is -0.209. The van der Waals surface area contributed by atoms with E-state index >= 15 is 0 Å². The Morgan fingerprint density at radius 2 is 2.12 bits per heavy atom. The number of amides is 1. The second-order valence-electron chi connectivity index (χ2n) is 5.42. The van der Waals surface area contributed by atoms with Crippen LogP contribution in [0.3, 0.4) is 0 Å². The van der Waals surface area contributed by atoms with E-state index in [0.29, 0.717) is 40.2 Å². The number of phenols is 1. The lowest BCUT2D eigenvalue weighted by atomic mass is 10.1. The molecule has 3 rings (SSSR count). The standard InChI is InChI=1S/C18H17N3O3S/c1-19-7-8-20-17(24)11-3-2-4-12(9-11)18-21-14-5-6-15(23)13(10-22)16(14)25-18/h2-6,9-10,19,23H,7-8H2,1H3,(H,20,24). The summed E-state index contributed by atoms with van der Waals surface area (Å²) in [6.45, 7) is 1.24. The molecule has 128 valence electrons. The molecule has 2 aromatic carbocycles. The number of aromatic hydroxyl groups is 1. The van der Waals surface area contributed by atoms with E-state index in [9.17, 15) is 14.7 Å². The van der Waals surface area contributed by atoms with Crippen LogP contribution in [0.25, 0.3) is 20.8 Å². The van der Waals surface area contributed by atoms with Gasteiger partial charge in [0.15, 0.2) is 6.29 Å². The van der Waals surface area contributed by atoms with E-state index in [-0.39, 0.29) is 17.2 Å². The summed E-state index contributed by atoms with van der Waals surface area (Å²) in [5, 5.41) is 16.3. The number of hydrogen-bond acceptors (Lipinski definition) is 6. The summed E-state index contributed by atoms with van der Waals surface area (Å²) in [4.78, 5) is 27.9. The number of aldehydes is 1. The van der Waals surface area contributed by atoms with Crippen LogP contribution >= 0.6 is 11.3 Å². The molecule has 6 nitrogen and oxygen atoms in total. The maximum absolute atomic E-state index is 12.2. The Kier molecular flexibility index (Phi) is 5.06. The Labute approximate surface area is 148 Å². The molecule has 0 saturated carbocycles. The third-order valence-corrected chi connectivity index (χ3v) is 4.88. The third kappa shape index (κ3) is 3.52. The lowest BCUT2D eigenvalue weighted by molar-refractivity contribution is 0.0954. The fourth-order valence-electron chi connectivity index (χ4n) is 2.44. The molecule has 1 aromatic heterocycles. The Morgan fingerprint density at radius 1 is 1.28 bits per heavy atom.